The quantitative estimate of drug-likeness (QED) is 0.718. The molecule has 0 spiro atoms. The fourth-order valence-electron chi connectivity index (χ4n) is 1.23. The van der Waals surface area contributed by atoms with Gasteiger partial charge in [-0.25, -0.2) is 4.39 Å². The molecule has 0 radical (unpaired) electrons. The van der Waals surface area contributed by atoms with E-state index in [0.29, 0.717) is 11.4 Å². The van der Waals surface area contributed by atoms with Crippen LogP contribution in [0.2, 0.25) is 5.02 Å². The van der Waals surface area contributed by atoms with E-state index in [1.54, 1.807) is 12.1 Å². The fourth-order valence-corrected chi connectivity index (χ4v) is 1.58. The molecule has 0 N–H and O–H groups in total. The minimum Gasteiger partial charge on any atom is -0.207 e. The molecule has 0 fully saturated rings. The molecular weight excluding hydrogens is 266 g/mol. The predicted octanol–water partition coefficient (Wildman–Crippen LogP) is 4.44. The molecule has 1 aromatic rings. The number of hydrogen-bond donors (Lipinski definition) is 0. The van der Waals surface area contributed by atoms with Gasteiger partial charge in [-0.3, -0.25) is 0 Å². The van der Waals surface area contributed by atoms with Gasteiger partial charge < -0.3 is 0 Å². The molecule has 0 aliphatic heterocycles. The lowest BCUT2D eigenvalue weighted by atomic mass is 9.88. The first-order valence-electron chi connectivity index (χ1n) is 4.44. The van der Waals surface area contributed by atoms with Crippen LogP contribution in [-0.2, 0) is 6.42 Å². The molecule has 1 aromatic carbocycles. The summed E-state index contributed by atoms with van der Waals surface area (Å²) in [5.41, 5.74) is 0.785. The SMILES string of the molecule is CC(C)(CBr)Cc1ccc(Cl)cc1F. The summed E-state index contributed by atoms with van der Waals surface area (Å²) < 4.78 is 13.4. The van der Waals surface area contributed by atoms with E-state index in [9.17, 15) is 4.39 Å². The van der Waals surface area contributed by atoms with Crippen molar-refractivity contribution in [1.82, 2.24) is 0 Å². The lowest BCUT2D eigenvalue weighted by molar-refractivity contribution is 0.415. The minimum absolute atomic E-state index is 0.0642. The van der Waals surface area contributed by atoms with E-state index in [1.165, 1.54) is 6.07 Å². The van der Waals surface area contributed by atoms with Crippen LogP contribution in [0.5, 0.6) is 0 Å². The van der Waals surface area contributed by atoms with Crippen LogP contribution in [0.3, 0.4) is 0 Å². The first kappa shape index (κ1) is 12.0. The van der Waals surface area contributed by atoms with Crippen molar-refractivity contribution in [2.45, 2.75) is 20.3 Å². The average molecular weight is 280 g/mol. The van der Waals surface area contributed by atoms with E-state index >= 15 is 0 Å². The van der Waals surface area contributed by atoms with Crippen molar-refractivity contribution >= 4 is 27.5 Å². The Hall–Kier alpha value is -0.0800. The summed E-state index contributed by atoms with van der Waals surface area (Å²) in [6, 6.07) is 4.84. The summed E-state index contributed by atoms with van der Waals surface area (Å²) in [7, 11) is 0. The Labute approximate surface area is 97.6 Å². The topological polar surface area (TPSA) is 0 Å². The van der Waals surface area contributed by atoms with Crippen molar-refractivity contribution < 1.29 is 4.39 Å². The highest BCUT2D eigenvalue weighted by Crippen LogP contribution is 2.26. The summed E-state index contributed by atoms with van der Waals surface area (Å²) in [5.74, 6) is -0.216. The molecule has 0 aliphatic rings. The van der Waals surface area contributed by atoms with Gasteiger partial charge in [0.05, 0.1) is 0 Å². The summed E-state index contributed by atoms with van der Waals surface area (Å²) >= 11 is 9.09. The summed E-state index contributed by atoms with van der Waals surface area (Å²) in [5, 5.41) is 1.30. The first-order valence-corrected chi connectivity index (χ1v) is 5.94. The minimum atomic E-state index is -0.216. The van der Waals surface area contributed by atoms with Crippen molar-refractivity contribution in [3.63, 3.8) is 0 Å². The molecule has 0 heterocycles. The van der Waals surface area contributed by atoms with Crippen LogP contribution in [0.25, 0.3) is 0 Å². The van der Waals surface area contributed by atoms with Gasteiger partial charge in [0.2, 0.25) is 0 Å². The second-order valence-corrected chi connectivity index (χ2v) is 5.21. The Bertz CT molecular complexity index is 323. The predicted molar refractivity (Wildman–Crippen MR) is 62.7 cm³/mol. The fraction of sp³-hybridized carbons (Fsp3) is 0.455. The number of rotatable bonds is 3. The molecule has 0 aromatic heterocycles. The van der Waals surface area contributed by atoms with Gasteiger partial charge >= 0.3 is 0 Å². The van der Waals surface area contributed by atoms with E-state index in [2.05, 4.69) is 29.8 Å². The molecule has 78 valence electrons. The number of benzene rings is 1. The second-order valence-electron chi connectivity index (χ2n) is 4.21. The van der Waals surface area contributed by atoms with E-state index < -0.39 is 0 Å². The monoisotopic (exact) mass is 278 g/mol. The van der Waals surface area contributed by atoms with Gasteiger partial charge in [0.15, 0.2) is 0 Å². The molecule has 0 bridgehead atoms. The maximum Gasteiger partial charge on any atom is 0.127 e. The number of hydrogen-bond acceptors (Lipinski definition) is 0. The highest BCUT2D eigenvalue weighted by Gasteiger charge is 2.18. The van der Waals surface area contributed by atoms with Gasteiger partial charge in [-0.05, 0) is 29.5 Å². The van der Waals surface area contributed by atoms with Crippen molar-refractivity contribution in [3.05, 3.63) is 34.6 Å². The zero-order valence-corrected chi connectivity index (χ0v) is 10.6. The van der Waals surface area contributed by atoms with Gasteiger partial charge in [-0.1, -0.05) is 47.4 Å². The second kappa shape index (κ2) is 4.63. The van der Waals surface area contributed by atoms with E-state index in [-0.39, 0.29) is 11.2 Å². The number of alkyl halides is 1. The van der Waals surface area contributed by atoms with Crippen molar-refractivity contribution in [2.75, 3.05) is 5.33 Å². The van der Waals surface area contributed by atoms with Crippen LogP contribution in [0, 0.1) is 11.2 Å². The smallest absolute Gasteiger partial charge is 0.127 e. The Morgan fingerprint density at radius 3 is 2.57 bits per heavy atom. The third-order valence-corrected chi connectivity index (χ3v) is 3.80. The Balaban J connectivity index is 2.87. The van der Waals surface area contributed by atoms with Crippen LogP contribution >= 0.6 is 27.5 Å². The maximum atomic E-state index is 13.4. The maximum absolute atomic E-state index is 13.4. The normalized spacial score (nSPS) is 11.8. The molecular formula is C11H13BrClF. The summed E-state index contributed by atoms with van der Waals surface area (Å²) in [6.07, 6.45) is 0.710. The number of halogens is 3. The largest absolute Gasteiger partial charge is 0.207 e. The Morgan fingerprint density at radius 2 is 2.07 bits per heavy atom. The molecule has 3 heteroatoms. The third kappa shape index (κ3) is 3.25. The van der Waals surface area contributed by atoms with Crippen LogP contribution in [-0.4, -0.2) is 5.33 Å². The standard InChI is InChI=1S/C11H13BrClF/c1-11(2,7-12)6-8-3-4-9(13)5-10(8)14/h3-5H,6-7H2,1-2H3. The molecule has 0 atom stereocenters. The lowest BCUT2D eigenvalue weighted by Crippen LogP contribution is -2.17. The van der Waals surface area contributed by atoms with E-state index in [0.717, 1.165) is 10.9 Å². The molecule has 0 nitrogen and oxygen atoms in total. The first-order chi connectivity index (χ1) is 6.44. The van der Waals surface area contributed by atoms with Crippen LogP contribution in [0.4, 0.5) is 4.39 Å². The van der Waals surface area contributed by atoms with Crippen molar-refractivity contribution in [2.24, 2.45) is 5.41 Å². The van der Waals surface area contributed by atoms with Gasteiger partial charge in [0.25, 0.3) is 0 Å². The van der Waals surface area contributed by atoms with E-state index in [1.807, 2.05) is 0 Å². The van der Waals surface area contributed by atoms with Gasteiger partial charge in [-0.2, -0.15) is 0 Å². The summed E-state index contributed by atoms with van der Waals surface area (Å²) in [6.45, 7) is 4.19. The van der Waals surface area contributed by atoms with Crippen LogP contribution in [0.15, 0.2) is 18.2 Å². The molecule has 0 unspecified atom stereocenters. The highest BCUT2D eigenvalue weighted by atomic mass is 79.9. The highest BCUT2D eigenvalue weighted by molar-refractivity contribution is 9.09. The molecule has 14 heavy (non-hydrogen) atoms. The van der Waals surface area contributed by atoms with Gasteiger partial charge in [0, 0.05) is 10.4 Å². The third-order valence-electron chi connectivity index (χ3n) is 2.05. The molecule has 1 rings (SSSR count). The Kier molecular flexibility index (Phi) is 3.96. The molecule has 0 amide bonds. The zero-order chi connectivity index (χ0) is 10.8. The molecule has 0 saturated heterocycles. The lowest BCUT2D eigenvalue weighted by Gasteiger charge is -2.21. The zero-order valence-electron chi connectivity index (χ0n) is 8.28. The Morgan fingerprint density at radius 1 is 1.43 bits per heavy atom. The van der Waals surface area contributed by atoms with Crippen molar-refractivity contribution in [1.29, 1.82) is 0 Å². The van der Waals surface area contributed by atoms with Crippen molar-refractivity contribution in [3.8, 4) is 0 Å². The molecule has 0 aliphatic carbocycles. The van der Waals surface area contributed by atoms with Gasteiger partial charge in [-0.15, -0.1) is 0 Å². The van der Waals surface area contributed by atoms with Gasteiger partial charge in [0.1, 0.15) is 5.82 Å². The van der Waals surface area contributed by atoms with Crippen LogP contribution < -0.4 is 0 Å². The van der Waals surface area contributed by atoms with Crippen LogP contribution in [0.1, 0.15) is 19.4 Å². The van der Waals surface area contributed by atoms with E-state index in [4.69, 9.17) is 11.6 Å². The average Bonchev–Trinajstić information content (AvgIpc) is 2.10. The molecule has 0 saturated carbocycles. The summed E-state index contributed by atoms with van der Waals surface area (Å²) in [4.78, 5) is 0.